The lowest BCUT2D eigenvalue weighted by Gasteiger charge is -2.11. The first-order valence-electron chi connectivity index (χ1n) is 5.42. The third-order valence-corrected chi connectivity index (χ3v) is 2.74. The molecule has 0 N–H and O–H groups in total. The minimum absolute atomic E-state index is 0.207. The minimum atomic E-state index is -0.726. The molecule has 2 aromatic rings. The first kappa shape index (κ1) is 12.2. The van der Waals surface area contributed by atoms with Gasteiger partial charge in [0.25, 0.3) is 0 Å². The molecule has 0 spiro atoms. The Morgan fingerprint density at radius 3 is 2.50 bits per heavy atom. The standard InChI is InChI=1S/C12H13NO5/c1-4-13-7-5-6-8(16-2)10(17-3)9(7)11(14)18-12(13)15/h5-6H,4H2,1-3H3. The van der Waals surface area contributed by atoms with Crippen LogP contribution in [-0.2, 0) is 6.54 Å². The summed E-state index contributed by atoms with van der Waals surface area (Å²) in [7, 11) is 2.90. The van der Waals surface area contributed by atoms with Crippen LogP contribution in [0.15, 0.2) is 26.1 Å². The molecule has 96 valence electrons. The molecule has 0 saturated heterocycles. The number of aryl methyl sites for hydroxylation is 1. The van der Waals surface area contributed by atoms with Gasteiger partial charge in [0.1, 0.15) is 5.39 Å². The molecule has 0 radical (unpaired) electrons. The lowest BCUT2D eigenvalue weighted by Crippen LogP contribution is -2.24. The van der Waals surface area contributed by atoms with Crippen molar-refractivity contribution in [1.29, 1.82) is 0 Å². The molecule has 1 aromatic carbocycles. The van der Waals surface area contributed by atoms with E-state index in [9.17, 15) is 9.59 Å². The van der Waals surface area contributed by atoms with Crippen molar-refractivity contribution in [2.75, 3.05) is 14.2 Å². The molecule has 0 amide bonds. The van der Waals surface area contributed by atoms with Gasteiger partial charge < -0.3 is 13.9 Å². The van der Waals surface area contributed by atoms with E-state index in [2.05, 4.69) is 4.42 Å². The molecule has 6 heteroatoms. The maximum atomic E-state index is 11.8. The predicted molar refractivity (Wildman–Crippen MR) is 65.5 cm³/mol. The largest absolute Gasteiger partial charge is 0.493 e. The average Bonchev–Trinajstić information content (AvgIpc) is 2.37. The van der Waals surface area contributed by atoms with E-state index >= 15 is 0 Å². The maximum Gasteiger partial charge on any atom is 0.422 e. The summed E-state index contributed by atoms with van der Waals surface area (Å²) in [5.74, 6) is 0.00627. The van der Waals surface area contributed by atoms with Crippen LogP contribution in [0, 0.1) is 0 Å². The second-order valence-electron chi connectivity index (χ2n) is 3.59. The van der Waals surface area contributed by atoms with Crippen LogP contribution in [0.1, 0.15) is 6.92 Å². The van der Waals surface area contributed by atoms with E-state index in [-0.39, 0.29) is 11.1 Å². The number of methoxy groups -OCH3 is 2. The van der Waals surface area contributed by atoms with Crippen molar-refractivity contribution in [3.63, 3.8) is 0 Å². The van der Waals surface area contributed by atoms with Crippen LogP contribution in [-0.4, -0.2) is 18.8 Å². The van der Waals surface area contributed by atoms with E-state index in [1.165, 1.54) is 18.8 Å². The third-order valence-electron chi connectivity index (χ3n) is 2.74. The smallest absolute Gasteiger partial charge is 0.422 e. The Kier molecular flexibility index (Phi) is 3.10. The highest BCUT2D eigenvalue weighted by Crippen LogP contribution is 2.32. The number of fused-ring (bicyclic) bond motifs is 1. The Hall–Kier alpha value is -2.24. The van der Waals surface area contributed by atoms with E-state index in [1.54, 1.807) is 19.1 Å². The van der Waals surface area contributed by atoms with Gasteiger partial charge in [-0.25, -0.2) is 9.59 Å². The summed E-state index contributed by atoms with van der Waals surface area (Å²) in [6, 6.07) is 3.28. The van der Waals surface area contributed by atoms with Crippen molar-refractivity contribution in [3.8, 4) is 11.5 Å². The van der Waals surface area contributed by atoms with Crippen LogP contribution in [0.2, 0.25) is 0 Å². The summed E-state index contributed by atoms with van der Waals surface area (Å²) in [4.78, 5) is 23.4. The Labute approximate surface area is 102 Å². The summed E-state index contributed by atoms with van der Waals surface area (Å²) in [6.45, 7) is 2.19. The molecule has 1 heterocycles. The quantitative estimate of drug-likeness (QED) is 0.813. The molecule has 0 aliphatic heterocycles. The average molecular weight is 251 g/mol. The zero-order valence-electron chi connectivity index (χ0n) is 10.4. The molecule has 0 aliphatic carbocycles. The number of rotatable bonds is 3. The lowest BCUT2D eigenvalue weighted by atomic mass is 10.2. The SMILES string of the molecule is CCn1c(=O)oc(=O)c2c(OC)c(OC)ccc21. The molecule has 0 aliphatic rings. The maximum absolute atomic E-state index is 11.8. The van der Waals surface area contributed by atoms with Gasteiger partial charge >= 0.3 is 11.4 Å². The highest BCUT2D eigenvalue weighted by Gasteiger charge is 2.16. The Balaban J connectivity index is 3.03. The van der Waals surface area contributed by atoms with E-state index in [0.29, 0.717) is 17.8 Å². The summed E-state index contributed by atoms with van der Waals surface area (Å²) in [5, 5.41) is 0.207. The molecule has 18 heavy (non-hydrogen) atoms. The van der Waals surface area contributed by atoms with Crippen LogP contribution in [0.3, 0.4) is 0 Å². The van der Waals surface area contributed by atoms with Crippen LogP contribution < -0.4 is 20.9 Å². The number of ether oxygens (including phenoxy) is 2. The predicted octanol–water partition coefficient (Wildman–Crippen LogP) is 0.992. The fourth-order valence-electron chi connectivity index (χ4n) is 1.92. The normalized spacial score (nSPS) is 10.6. The molecular formula is C12H13NO5. The van der Waals surface area contributed by atoms with Gasteiger partial charge in [-0.05, 0) is 19.1 Å². The first-order chi connectivity index (χ1) is 8.63. The molecule has 6 nitrogen and oxygen atoms in total. The summed E-state index contributed by atoms with van der Waals surface area (Å²) in [5.41, 5.74) is -0.258. The zero-order valence-corrected chi connectivity index (χ0v) is 10.4. The van der Waals surface area contributed by atoms with Crippen molar-refractivity contribution in [1.82, 2.24) is 4.57 Å². The zero-order chi connectivity index (χ0) is 13.3. The van der Waals surface area contributed by atoms with Crippen molar-refractivity contribution in [2.45, 2.75) is 13.5 Å². The molecule has 0 bridgehead atoms. The fraction of sp³-hybridized carbons (Fsp3) is 0.333. The molecule has 0 unspecified atom stereocenters. The van der Waals surface area contributed by atoms with Gasteiger partial charge in [0, 0.05) is 6.54 Å². The second-order valence-corrected chi connectivity index (χ2v) is 3.59. The van der Waals surface area contributed by atoms with Crippen LogP contribution in [0.5, 0.6) is 11.5 Å². The van der Waals surface area contributed by atoms with Crippen molar-refractivity contribution >= 4 is 10.9 Å². The molecule has 0 saturated carbocycles. The van der Waals surface area contributed by atoms with Crippen LogP contribution in [0.4, 0.5) is 0 Å². The third kappa shape index (κ3) is 1.66. The number of hydrogen-bond acceptors (Lipinski definition) is 5. The first-order valence-corrected chi connectivity index (χ1v) is 5.42. The molecule has 1 aromatic heterocycles. The van der Waals surface area contributed by atoms with Crippen LogP contribution >= 0.6 is 0 Å². The molecule has 0 fully saturated rings. The van der Waals surface area contributed by atoms with Crippen molar-refractivity contribution < 1.29 is 13.9 Å². The van der Waals surface area contributed by atoms with E-state index in [0.717, 1.165) is 0 Å². The highest BCUT2D eigenvalue weighted by atomic mass is 16.5. The van der Waals surface area contributed by atoms with Crippen molar-refractivity contribution in [2.24, 2.45) is 0 Å². The highest BCUT2D eigenvalue weighted by molar-refractivity contribution is 5.87. The minimum Gasteiger partial charge on any atom is -0.493 e. The number of benzene rings is 1. The van der Waals surface area contributed by atoms with Gasteiger partial charge in [-0.1, -0.05) is 0 Å². The fourth-order valence-corrected chi connectivity index (χ4v) is 1.92. The monoisotopic (exact) mass is 251 g/mol. The Morgan fingerprint density at radius 1 is 1.22 bits per heavy atom. The van der Waals surface area contributed by atoms with E-state index < -0.39 is 11.4 Å². The van der Waals surface area contributed by atoms with Crippen molar-refractivity contribution in [3.05, 3.63) is 33.1 Å². The Morgan fingerprint density at radius 2 is 1.94 bits per heavy atom. The summed E-state index contributed by atoms with van der Waals surface area (Å²) < 4.78 is 16.3. The van der Waals surface area contributed by atoms with Gasteiger partial charge in [0.2, 0.25) is 0 Å². The molecular weight excluding hydrogens is 238 g/mol. The summed E-state index contributed by atoms with van der Waals surface area (Å²) >= 11 is 0. The molecule has 0 atom stereocenters. The number of aromatic nitrogens is 1. The number of nitrogens with zero attached hydrogens (tertiary/aromatic N) is 1. The molecule has 2 rings (SSSR count). The van der Waals surface area contributed by atoms with Gasteiger partial charge in [-0.2, -0.15) is 0 Å². The van der Waals surface area contributed by atoms with E-state index in [4.69, 9.17) is 9.47 Å². The van der Waals surface area contributed by atoms with Gasteiger partial charge in [0.15, 0.2) is 11.5 Å². The topological polar surface area (TPSA) is 70.7 Å². The number of hydrogen-bond donors (Lipinski definition) is 0. The van der Waals surface area contributed by atoms with Gasteiger partial charge in [-0.3, -0.25) is 4.57 Å². The lowest BCUT2D eigenvalue weighted by molar-refractivity contribution is 0.355. The second kappa shape index (κ2) is 4.56. The van der Waals surface area contributed by atoms with Gasteiger partial charge in [-0.15, -0.1) is 0 Å². The van der Waals surface area contributed by atoms with Crippen LogP contribution in [0.25, 0.3) is 10.9 Å². The summed E-state index contributed by atoms with van der Waals surface area (Å²) in [6.07, 6.45) is 0. The van der Waals surface area contributed by atoms with Gasteiger partial charge in [0.05, 0.1) is 19.7 Å². The van der Waals surface area contributed by atoms with E-state index in [1.807, 2.05) is 0 Å². The Bertz CT molecular complexity index is 698.